The van der Waals surface area contributed by atoms with Crippen molar-refractivity contribution >= 4 is 46.3 Å². The molecule has 1 aliphatic heterocycles. The van der Waals surface area contributed by atoms with Crippen LogP contribution in [0, 0.1) is 20.2 Å². The van der Waals surface area contributed by atoms with Gasteiger partial charge in [0.2, 0.25) is 5.75 Å². The molecule has 0 unspecified atom stereocenters. The predicted octanol–water partition coefficient (Wildman–Crippen LogP) is 5.07. The van der Waals surface area contributed by atoms with Crippen LogP contribution in [0.4, 0.5) is 11.4 Å². The van der Waals surface area contributed by atoms with Crippen molar-refractivity contribution in [1.29, 1.82) is 0 Å². The number of nitrogens with zero attached hydrogens (tertiary/aromatic N) is 2. The smallest absolute Gasteiger partial charge is 0.319 e. The molecule has 0 saturated carbocycles. The van der Waals surface area contributed by atoms with E-state index in [0.29, 0.717) is 15.7 Å². The molecule has 0 spiro atoms. The van der Waals surface area contributed by atoms with E-state index < -0.39 is 15.5 Å². The van der Waals surface area contributed by atoms with E-state index in [9.17, 15) is 20.2 Å². The molecule has 10 heteroatoms. The van der Waals surface area contributed by atoms with Crippen LogP contribution in [0.1, 0.15) is 0 Å². The lowest BCUT2D eigenvalue weighted by molar-refractivity contribution is -0.395. The number of nitro groups is 2. The lowest BCUT2D eigenvalue weighted by atomic mass is 10.2. The highest BCUT2D eigenvalue weighted by Gasteiger charge is 2.31. The van der Waals surface area contributed by atoms with Gasteiger partial charge in [-0.05, 0) is 6.07 Å². The van der Waals surface area contributed by atoms with Gasteiger partial charge in [-0.1, -0.05) is 35.0 Å². The molecule has 0 aliphatic carbocycles. The zero-order chi connectivity index (χ0) is 16.0. The third-order valence-corrected chi connectivity index (χ3v) is 4.63. The molecule has 2 aromatic carbocycles. The van der Waals surface area contributed by atoms with Crippen molar-refractivity contribution in [2.45, 2.75) is 9.79 Å². The van der Waals surface area contributed by atoms with Crippen LogP contribution in [-0.2, 0) is 0 Å². The van der Waals surface area contributed by atoms with E-state index in [1.54, 1.807) is 0 Å². The summed E-state index contributed by atoms with van der Waals surface area (Å²) < 4.78 is 5.51. The van der Waals surface area contributed by atoms with Crippen molar-refractivity contribution in [3.05, 3.63) is 54.5 Å². The van der Waals surface area contributed by atoms with E-state index in [-0.39, 0.29) is 21.4 Å². The quantitative estimate of drug-likeness (QED) is 0.468. The fourth-order valence-electron chi connectivity index (χ4n) is 1.89. The molecule has 1 heterocycles. The molecule has 0 fully saturated rings. The van der Waals surface area contributed by atoms with E-state index in [0.717, 1.165) is 17.8 Å². The third kappa shape index (κ3) is 2.45. The summed E-state index contributed by atoms with van der Waals surface area (Å²) in [4.78, 5) is 21.4. The molecule has 0 N–H and O–H groups in total. The number of hydrogen-bond acceptors (Lipinski definition) is 6. The summed E-state index contributed by atoms with van der Waals surface area (Å²) in [6, 6.07) is 5.07. The molecule has 2 aromatic rings. The minimum Gasteiger partial charge on any atom is -0.448 e. The Kier molecular flexibility index (Phi) is 3.59. The number of non-ortho nitro benzene ring substituents is 1. The van der Waals surface area contributed by atoms with Gasteiger partial charge >= 0.3 is 5.69 Å². The Hall–Kier alpha value is -2.03. The molecule has 0 atom stereocenters. The summed E-state index contributed by atoms with van der Waals surface area (Å²) in [6.07, 6.45) is 0. The lowest BCUT2D eigenvalue weighted by Gasteiger charge is -2.19. The van der Waals surface area contributed by atoms with Crippen molar-refractivity contribution in [2.24, 2.45) is 0 Å². The number of hydrogen-bond donors (Lipinski definition) is 0. The van der Waals surface area contributed by atoms with Gasteiger partial charge in [-0.3, -0.25) is 20.2 Å². The first kappa shape index (κ1) is 14.9. The van der Waals surface area contributed by atoms with Crippen molar-refractivity contribution in [1.82, 2.24) is 0 Å². The summed E-state index contributed by atoms with van der Waals surface area (Å²) in [5, 5.41) is 22.6. The second kappa shape index (κ2) is 5.31. The molecule has 0 saturated heterocycles. The van der Waals surface area contributed by atoms with Crippen molar-refractivity contribution in [3.8, 4) is 11.5 Å². The zero-order valence-electron chi connectivity index (χ0n) is 10.4. The second-order valence-corrected chi connectivity index (χ2v) is 6.12. The van der Waals surface area contributed by atoms with E-state index in [2.05, 4.69) is 0 Å². The Labute approximate surface area is 137 Å². The van der Waals surface area contributed by atoms with E-state index in [4.69, 9.17) is 27.9 Å². The van der Waals surface area contributed by atoms with Crippen LogP contribution in [0.5, 0.6) is 11.5 Å². The Morgan fingerprint density at radius 2 is 1.64 bits per heavy atom. The average molecular weight is 359 g/mol. The number of benzene rings is 2. The highest BCUT2D eigenvalue weighted by molar-refractivity contribution is 7.99. The molecule has 0 bridgehead atoms. The molecule has 3 rings (SSSR count). The zero-order valence-corrected chi connectivity index (χ0v) is 12.7. The normalized spacial score (nSPS) is 12.1. The van der Waals surface area contributed by atoms with Gasteiger partial charge in [0, 0.05) is 12.1 Å². The maximum absolute atomic E-state index is 11.1. The summed E-state index contributed by atoms with van der Waals surface area (Å²) in [5.74, 6) is 0.260. The Morgan fingerprint density at radius 1 is 0.955 bits per heavy atom. The van der Waals surface area contributed by atoms with Crippen LogP contribution >= 0.6 is 35.0 Å². The van der Waals surface area contributed by atoms with E-state index in [1.807, 2.05) is 0 Å². The molecule has 0 aromatic heterocycles. The van der Waals surface area contributed by atoms with Gasteiger partial charge in [-0.2, -0.15) is 0 Å². The molecule has 0 radical (unpaired) electrons. The highest BCUT2D eigenvalue weighted by Crippen LogP contribution is 2.53. The van der Waals surface area contributed by atoms with Crippen LogP contribution in [0.2, 0.25) is 10.0 Å². The largest absolute Gasteiger partial charge is 0.448 e. The van der Waals surface area contributed by atoms with Crippen molar-refractivity contribution < 1.29 is 14.6 Å². The number of fused-ring (bicyclic) bond motifs is 2. The highest BCUT2D eigenvalue weighted by atomic mass is 35.5. The van der Waals surface area contributed by atoms with Crippen molar-refractivity contribution in [3.63, 3.8) is 0 Å². The number of halogens is 2. The van der Waals surface area contributed by atoms with Gasteiger partial charge in [-0.25, -0.2) is 0 Å². The van der Waals surface area contributed by atoms with Gasteiger partial charge < -0.3 is 4.74 Å². The number of rotatable bonds is 2. The number of ether oxygens (including phenoxy) is 1. The minimum atomic E-state index is -0.727. The summed E-state index contributed by atoms with van der Waals surface area (Å²) in [6.45, 7) is 0. The number of nitro benzene ring substituents is 2. The first-order valence-electron chi connectivity index (χ1n) is 5.68. The SMILES string of the molecule is O=[N+]([O-])c1cc2c(c([N+](=O)[O-])c1)Oc1cc(Cl)c(Cl)cc1S2. The molecular weight excluding hydrogens is 355 g/mol. The van der Waals surface area contributed by atoms with Crippen LogP contribution in [0.3, 0.4) is 0 Å². The average Bonchev–Trinajstić information content (AvgIpc) is 2.45. The molecule has 112 valence electrons. The molecule has 1 aliphatic rings. The fourth-order valence-corrected chi connectivity index (χ4v) is 3.31. The topological polar surface area (TPSA) is 95.5 Å². The Balaban J connectivity index is 2.19. The monoisotopic (exact) mass is 358 g/mol. The van der Waals surface area contributed by atoms with E-state index >= 15 is 0 Å². The molecule has 22 heavy (non-hydrogen) atoms. The Bertz CT molecular complexity index is 843. The van der Waals surface area contributed by atoms with E-state index in [1.165, 1.54) is 18.2 Å². The molecule has 7 nitrogen and oxygen atoms in total. The van der Waals surface area contributed by atoms with Gasteiger partial charge in [0.1, 0.15) is 5.75 Å². The first-order chi connectivity index (χ1) is 10.4. The maximum atomic E-state index is 11.1. The standard InChI is InChI=1S/C12H4Cl2N2O5S/c13-6-3-9-10(4-7(6)14)22-11-2-5(15(17)18)1-8(16(19)20)12(11)21-9/h1-4H. The first-order valence-corrected chi connectivity index (χ1v) is 7.25. The lowest BCUT2D eigenvalue weighted by Crippen LogP contribution is -2.01. The fraction of sp³-hybridized carbons (Fsp3) is 0. The molecule has 0 amide bonds. The maximum Gasteiger partial charge on any atom is 0.319 e. The van der Waals surface area contributed by atoms with Crippen LogP contribution in [0.25, 0.3) is 0 Å². The third-order valence-electron chi connectivity index (χ3n) is 2.85. The minimum absolute atomic E-state index is 0.0495. The summed E-state index contributed by atoms with van der Waals surface area (Å²) in [5.41, 5.74) is -0.863. The van der Waals surface area contributed by atoms with Crippen LogP contribution in [0.15, 0.2) is 34.1 Å². The van der Waals surface area contributed by atoms with Gasteiger partial charge in [0.25, 0.3) is 5.69 Å². The van der Waals surface area contributed by atoms with Gasteiger partial charge in [-0.15, -0.1) is 0 Å². The van der Waals surface area contributed by atoms with Gasteiger partial charge in [0.05, 0.1) is 35.7 Å². The van der Waals surface area contributed by atoms with Crippen molar-refractivity contribution in [2.75, 3.05) is 0 Å². The molecular formula is C12H4Cl2N2O5S. The van der Waals surface area contributed by atoms with Crippen LogP contribution < -0.4 is 4.74 Å². The predicted molar refractivity (Wildman–Crippen MR) is 80.4 cm³/mol. The second-order valence-electron chi connectivity index (χ2n) is 4.22. The Morgan fingerprint density at radius 3 is 2.27 bits per heavy atom. The van der Waals surface area contributed by atoms with Crippen LogP contribution in [-0.4, -0.2) is 9.85 Å². The summed E-state index contributed by atoms with van der Waals surface area (Å²) in [7, 11) is 0. The van der Waals surface area contributed by atoms with Gasteiger partial charge in [0.15, 0.2) is 0 Å². The summed E-state index contributed by atoms with van der Waals surface area (Å²) >= 11 is 12.9.